The molecule has 0 unspecified atom stereocenters. The zero-order valence-electron chi connectivity index (χ0n) is 15.0. The monoisotopic (exact) mass is 358 g/mol. The van der Waals surface area contributed by atoms with E-state index in [1.54, 1.807) is 0 Å². The van der Waals surface area contributed by atoms with Gasteiger partial charge in [0.2, 0.25) is 17.7 Å². The van der Waals surface area contributed by atoms with Crippen molar-refractivity contribution in [3.63, 3.8) is 0 Å². The van der Waals surface area contributed by atoms with Gasteiger partial charge in [-0.3, -0.25) is 14.4 Å². The first-order chi connectivity index (χ1) is 11.8. The molecule has 0 bridgehead atoms. The molecule has 1 atom stereocenters. The predicted molar refractivity (Wildman–Crippen MR) is 92.8 cm³/mol. The van der Waals surface area contributed by atoms with Gasteiger partial charge in [-0.2, -0.15) is 0 Å². The first-order valence-electron chi connectivity index (χ1n) is 8.57. The van der Waals surface area contributed by atoms with Crippen molar-refractivity contribution in [1.29, 1.82) is 0 Å². The lowest BCUT2D eigenvalue weighted by molar-refractivity contribution is -0.137. The van der Waals surface area contributed by atoms with Crippen LogP contribution in [0.1, 0.15) is 51.9 Å². The molecule has 0 heterocycles. The summed E-state index contributed by atoms with van der Waals surface area (Å²) in [5.41, 5.74) is 5.15. The summed E-state index contributed by atoms with van der Waals surface area (Å²) < 4.78 is 0. The summed E-state index contributed by atoms with van der Waals surface area (Å²) in [7, 11) is 1.47. The summed E-state index contributed by atoms with van der Waals surface area (Å²) in [5.74, 6) is -1.47. The minimum Gasteiger partial charge on any atom is -0.465 e. The van der Waals surface area contributed by atoms with Crippen LogP contribution < -0.4 is 16.4 Å². The molecule has 9 nitrogen and oxygen atoms in total. The van der Waals surface area contributed by atoms with Crippen LogP contribution in [0.3, 0.4) is 0 Å². The molecule has 0 aliphatic carbocycles. The molecule has 5 N–H and O–H groups in total. The quantitative estimate of drug-likeness (QED) is 0.353. The number of carboxylic acid groups (broad SMARTS) is 1. The van der Waals surface area contributed by atoms with Crippen molar-refractivity contribution in [2.24, 2.45) is 5.73 Å². The first-order valence-corrected chi connectivity index (χ1v) is 8.57. The van der Waals surface area contributed by atoms with Gasteiger partial charge in [-0.25, -0.2) is 4.79 Å². The molecular formula is C16H30N4O5. The molecule has 0 fully saturated rings. The van der Waals surface area contributed by atoms with Crippen molar-refractivity contribution < 1.29 is 24.3 Å². The summed E-state index contributed by atoms with van der Waals surface area (Å²) >= 11 is 0. The number of nitrogens with one attached hydrogen (secondary N) is 2. The van der Waals surface area contributed by atoms with E-state index in [2.05, 4.69) is 17.6 Å². The maximum absolute atomic E-state index is 12.3. The average molecular weight is 358 g/mol. The molecule has 0 aliphatic heterocycles. The average Bonchev–Trinajstić information content (AvgIpc) is 2.52. The fourth-order valence-corrected chi connectivity index (χ4v) is 2.26. The van der Waals surface area contributed by atoms with Crippen LogP contribution in [0, 0.1) is 0 Å². The summed E-state index contributed by atoms with van der Waals surface area (Å²) in [5, 5.41) is 13.2. The molecule has 0 spiro atoms. The maximum Gasteiger partial charge on any atom is 0.404 e. The predicted octanol–water partition coefficient (Wildman–Crippen LogP) is 0.433. The van der Waals surface area contributed by atoms with Gasteiger partial charge < -0.3 is 26.4 Å². The Morgan fingerprint density at radius 3 is 2.32 bits per heavy atom. The second-order valence-electron chi connectivity index (χ2n) is 5.95. The molecule has 0 radical (unpaired) electrons. The number of rotatable bonds is 13. The van der Waals surface area contributed by atoms with E-state index >= 15 is 0 Å². The third-order valence-electron chi connectivity index (χ3n) is 3.65. The van der Waals surface area contributed by atoms with Gasteiger partial charge in [-0.15, -0.1) is 0 Å². The highest BCUT2D eigenvalue weighted by molar-refractivity contribution is 5.91. The number of hydrogen-bond acceptors (Lipinski definition) is 4. The van der Waals surface area contributed by atoms with Crippen LogP contribution in [0.5, 0.6) is 0 Å². The second kappa shape index (κ2) is 13.0. The molecule has 0 saturated carbocycles. The van der Waals surface area contributed by atoms with Crippen LogP contribution in [-0.2, 0) is 14.4 Å². The van der Waals surface area contributed by atoms with Gasteiger partial charge in [-0.1, -0.05) is 32.6 Å². The highest BCUT2D eigenvalue weighted by Crippen LogP contribution is 2.06. The van der Waals surface area contributed by atoms with E-state index in [4.69, 9.17) is 10.8 Å². The van der Waals surface area contributed by atoms with E-state index in [1.807, 2.05) is 0 Å². The first kappa shape index (κ1) is 22.7. The van der Waals surface area contributed by atoms with Gasteiger partial charge >= 0.3 is 6.09 Å². The Hall–Kier alpha value is -2.32. The van der Waals surface area contributed by atoms with E-state index in [9.17, 15) is 19.2 Å². The van der Waals surface area contributed by atoms with Crippen LogP contribution in [0.4, 0.5) is 4.79 Å². The Bertz CT molecular complexity index is 456. The number of primary amides is 1. The molecule has 0 saturated heterocycles. The molecule has 0 rings (SSSR count). The molecule has 0 aromatic carbocycles. The standard InChI is InChI=1S/C16H30N4O5/c1-3-4-5-6-7-8-14(22)19-12(11-13(17)21)15(23)20(2)10-9-18-16(24)25/h12,18H,3-11H2,1-2H3,(H2,17,21)(H,19,22)(H,24,25)/t12-/m1/s1. The number of nitrogens with zero attached hydrogens (tertiary/aromatic N) is 1. The Labute approximate surface area is 148 Å². The lowest BCUT2D eigenvalue weighted by Gasteiger charge is -2.24. The Balaban J connectivity index is 4.45. The lowest BCUT2D eigenvalue weighted by Crippen LogP contribution is -2.50. The summed E-state index contributed by atoms with van der Waals surface area (Å²) in [6.07, 6.45) is 3.77. The topological polar surface area (TPSA) is 142 Å². The van der Waals surface area contributed by atoms with Gasteiger partial charge in [0.15, 0.2) is 0 Å². The minimum absolute atomic E-state index is 0.0479. The van der Waals surface area contributed by atoms with Gasteiger partial charge in [0.05, 0.1) is 6.42 Å². The molecule has 9 heteroatoms. The highest BCUT2D eigenvalue weighted by atomic mass is 16.4. The Morgan fingerprint density at radius 1 is 1.12 bits per heavy atom. The van der Waals surface area contributed by atoms with Crippen molar-refractivity contribution in [2.75, 3.05) is 20.1 Å². The highest BCUT2D eigenvalue weighted by Gasteiger charge is 2.25. The van der Waals surface area contributed by atoms with E-state index in [-0.39, 0.29) is 31.8 Å². The zero-order valence-corrected chi connectivity index (χ0v) is 15.0. The normalized spacial score (nSPS) is 11.4. The third kappa shape index (κ3) is 11.8. The molecule has 4 amide bonds. The SMILES string of the molecule is CCCCCCCC(=O)N[C@H](CC(N)=O)C(=O)N(C)CCNC(=O)O. The van der Waals surface area contributed by atoms with Gasteiger partial charge in [0, 0.05) is 26.6 Å². The van der Waals surface area contributed by atoms with E-state index < -0.39 is 23.9 Å². The van der Waals surface area contributed by atoms with Crippen molar-refractivity contribution in [1.82, 2.24) is 15.5 Å². The van der Waals surface area contributed by atoms with E-state index in [1.165, 1.54) is 11.9 Å². The molecular weight excluding hydrogens is 328 g/mol. The number of carbonyl (C=O) groups is 4. The van der Waals surface area contributed by atoms with Gasteiger partial charge in [0.25, 0.3) is 0 Å². The van der Waals surface area contributed by atoms with Crippen LogP contribution in [0.25, 0.3) is 0 Å². The van der Waals surface area contributed by atoms with Crippen LogP contribution in [0.2, 0.25) is 0 Å². The van der Waals surface area contributed by atoms with Gasteiger partial charge in [-0.05, 0) is 6.42 Å². The summed E-state index contributed by atoms with van der Waals surface area (Å²) in [4.78, 5) is 47.1. The molecule has 0 aromatic rings. The fraction of sp³-hybridized carbons (Fsp3) is 0.750. The van der Waals surface area contributed by atoms with Crippen molar-refractivity contribution in [2.45, 2.75) is 57.9 Å². The third-order valence-corrected chi connectivity index (χ3v) is 3.65. The Morgan fingerprint density at radius 2 is 1.76 bits per heavy atom. The minimum atomic E-state index is -1.19. The van der Waals surface area contributed by atoms with Crippen LogP contribution >= 0.6 is 0 Å². The summed E-state index contributed by atoms with van der Waals surface area (Å²) in [6.45, 7) is 2.27. The Kier molecular flexibility index (Phi) is 11.8. The van der Waals surface area contributed by atoms with Crippen LogP contribution in [0.15, 0.2) is 0 Å². The maximum atomic E-state index is 12.3. The number of unbranched alkanes of at least 4 members (excludes halogenated alkanes) is 4. The van der Waals surface area contributed by atoms with Gasteiger partial charge in [0.1, 0.15) is 6.04 Å². The van der Waals surface area contributed by atoms with E-state index in [0.29, 0.717) is 0 Å². The fourth-order valence-electron chi connectivity index (χ4n) is 2.26. The van der Waals surface area contributed by atoms with Crippen molar-refractivity contribution in [3.05, 3.63) is 0 Å². The number of nitrogens with two attached hydrogens (primary N) is 1. The second-order valence-corrected chi connectivity index (χ2v) is 5.95. The lowest BCUT2D eigenvalue weighted by atomic mass is 10.1. The molecule has 0 aromatic heterocycles. The zero-order chi connectivity index (χ0) is 19.2. The number of carbonyl (C=O) groups excluding carboxylic acids is 3. The molecule has 25 heavy (non-hydrogen) atoms. The van der Waals surface area contributed by atoms with E-state index in [0.717, 1.165) is 32.1 Å². The molecule has 0 aliphatic rings. The number of hydrogen-bond donors (Lipinski definition) is 4. The van der Waals surface area contributed by atoms with Crippen molar-refractivity contribution >= 4 is 23.8 Å². The molecule has 144 valence electrons. The largest absolute Gasteiger partial charge is 0.465 e. The van der Waals surface area contributed by atoms with Crippen LogP contribution in [-0.4, -0.2) is 60.0 Å². The number of amides is 4. The smallest absolute Gasteiger partial charge is 0.404 e. The van der Waals surface area contributed by atoms with Crippen molar-refractivity contribution in [3.8, 4) is 0 Å². The summed E-state index contributed by atoms with van der Waals surface area (Å²) in [6, 6.07) is -1.03. The number of likely N-dealkylation sites (N-methyl/N-ethyl adjacent to an activating group) is 1.